The molecule has 426 valence electrons. The maximum Gasteiger partial charge on any atom is 0.347 e. The molecule has 22 heteroatoms. The Morgan fingerprint density at radius 2 is 1.64 bits per heavy atom. The van der Waals surface area contributed by atoms with Crippen LogP contribution in [0.5, 0.6) is 11.5 Å². The summed E-state index contributed by atoms with van der Waals surface area (Å²) < 4.78 is 27.7. The minimum Gasteiger partial charge on any atom is -0.497 e. The summed E-state index contributed by atoms with van der Waals surface area (Å²) in [5.41, 5.74) is 7.03. The molecule has 2 aliphatic heterocycles. The van der Waals surface area contributed by atoms with Crippen LogP contribution in [0.25, 0.3) is 22.8 Å². The van der Waals surface area contributed by atoms with Gasteiger partial charge in [-0.05, 0) is 132 Å². The molecule has 0 bridgehead atoms. The number of ether oxygens (including phenoxy) is 5. The largest absolute Gasteiger partial charge is 0.497 e. The molecule has 22 nitrogen and oxygen atoms in total. The number of nitrogens with zero attached hydrogens (tertiary/aromatic N) is 4. The fourth-order valence-corrected chi connectivity index (χ4v) is 9.27. The normalized spacial score (nSPS) is 14.2. The van der Waals surface area contributed by atoms with E-state index in [-0.39, 0.29) is 37.9 Å². The van der Waals surface area contributed by atoms with E-state index in [1.807, 2.05) is 25.1 Å². The summed E-state index contributed by atoms with van der Waals surface area (Å²) in [4.78, 5) is 102. The second-order valence-electron chi connectivity index (χ2n) is 19.4. The highest BCUT2D eigenvalue weighted by atomic mass is 16.6. The van der Waals surface area contributed by atoms with Gasteiger partial charge in [-0.2, -0.15) is 5.10 Å². The van der Waals surface area contributed by atoms with Gasteiger partial charge in [0.1, 0.15) is 24.7 Å². The van der Waals surface area contributed by atoms with Gasteiger partial charge in [-0.1, -0.05) is 32.0 Å². The lowest BCUT2D eigenvalue weighted by molar-refractivity contribution is -0.177. The monoisotopic (exact) mass is 1100 g/mol. The predicted octanol–water partition coefficient (Wildman–Crippen LogP) is 6.93. The molecular weight excluding hydrogens is 1030 g/mol. The van der Waals surface area contributed by atoms with Gasteiger partial charge in [0.2, 0.25) is 5.91 Å². The lowest BCUT2D eigenvalue weighted by atomic mass is 10.0. The summed E-state index contributed by atoms with van der Waals surface area (Å²) in [6.45, 7) is 16.2. The van der Waals surface area contributed by atoms with Gasteiger partial charge in [0.15, 0.2) is 12.2 Å². The van der Waals surface area contributed by atoms with Crippen LogP contribution in [0.2, 0.25) is 0 Å². The van der Waals surface area contributed by atoms with E-state index in [2.05, 4.69) is 60.1 Å². The van der Waals surface area contributed by atoms with Gasteiger partial charge < -0.3 is 59.7 Å². The second kappa shape index (κ2) is 28.4. The zero-order valence-electron chi connectivity index (χ0n) is 46.5. The molecule has 2 aliphatic rings. The number of anilines is 3. The first-order valence-corrected chi connectivity index (χ1v) is 26.9. The summed E-state index contributed by atoms with van der Waals surface area (Å²) in [6.07, 6.45) is 3.88. The third-order valence-electron chi connectivity index (χ3n) is 13.8. The number of aryl methyl sites for hydroxylation is 1. The SMILES string of the molecule is CCN(CC)CCNC(=O)c1c(C)[nH]c(/C=C2\C(=O)Nc3ccc(NC(=O)CCC(=O)OC(C)C(=O)OC(C)C(=O)OCCN(Cc4cccc(OC)c4)C(=O)Nc4ccc(-c5cn[nH]c5)cc4OCCN4CCCC4)cc32)c1C. The highest BCUT2D eigenvalue weighted by Gasteiger charge is 2.29. The number of rotatable bonds is 27. The summed E-state index contributed by atoms with van der Waals surface area (Å²) in [5, 5.41) is 18.4. The van der Waals surface area contributed by atoms with Gasteiger partial charge in [0, 0.05) is 72.7 Å². The van der Waals surface area contributed by atoms with E-state index in [4.69, 9.17) is 23.7 Å². The number of amides is 5. The van der Waals surface area contributed by atoms with Gasteiger partial charge in [-0.15, -0.1) is 0 Å². The van der Waals surface area contributed by atoms with E-state index in [0.717, 1.165) is 68.8 Å². The quantitative estimate of drug-likeness (QED) is 0.0177. The number of esters is 3. The number of fused-ring (bicyclic) bond motifs is 1. The standard InChI is InChI=1S/C58H72N10O12/c1-8-66(9-2)24-21-59-55(72)53-36(3)49(62-37(53)4)32-46-45-31-43(16-18-47(45)64-54(46)71)63-51(69)19-20-52(70)79-39(6)57(74)80-38(5)56(73)78-28-26-68(35-40-13-12-14-44(29-40)76-7)58(75)65-48-17-15-41(42-33-60-61-34-42)30-50(48)77-27-25-67-22-10-11-23-67/h12-18,29-34,38-39,62H,8-11,19-28,35H2,1-7H3,(H,59,72)(H,60,61)(H,63,69)(H,64,71)(H,65,75)/b46-32-. The number of aromatic amines is 2. The topological polar surface area (TPSA) is 268 Å². The van der Waals surface area contributed by atoms with Crippen LogP contribution in [0.4, 0.5) is 21.9 Å². The zero-order chi connectivity index (χ0) is 57.3. The molecule has 6 N–H and O–H groups in total. The van der Waals surface area contributed by atoms with Crippen LogP contribution in [0, 0.1) is 13.8 Å². The Hall–Kier alpha value is -8.50. The third kappa shape index (κ3) is 16.1. The average Bonchev–Trinajstić information content (AvgIpc) is 4.31. The van der Waals surface area contributed by atoms with Crippen LogP contribution in [0.3, 0.4) is 0 Å². The highest BCUT2D eigenvalue weighted by molar-refractivity contribution is 6.35. The van der Waals surface area contributed by atoms with Crippen molar-refractivity contribution < 1.29 is 57.2 Å². The fraction of sp³-hybridized carbons (Fsp3) is 0.414. The van der Waals surface area contributed by atoms with Crippen molar-refractivity contribution in [2.75, 3.05) is 88.6 Å². The van der Waals surface area contributed by atoms with Crippen molar-refractivity contribution in [2.45, 2.75) is 86.0 Å². The number of benzene rings is 3. The second-order valence-corrected chi connectivity index (χ2v) is 19.4. The van der Waals surface area contributed by atoms with Gasteiger partial charge in [0.05, 0.1) is 43.1 Å². The van der Waals surface area contributed by atoms with E-state index in [1.54, 1.807) is 75.0 Å². The number of likely N-dealkylation sites (tertiary alicyclic amines) is 1. The Bertz CT molecular complexity index is 3040. The zero-order valence-corrected chi connectivity index (χ0v) is 46.5. The van der Waals surface area contributed by atoms with E-state index in [1.165, 1.54) is 18.7 Å². The number of hydrogen-bond donors (Lipinski definition) is 6. The molecular formula is C58H72N10O12. The summed E-state index contributed by atoms with van der Waals surface area (Å²) in [6, 6.07) is 17.0. The van der Waals surface area contributed by atoms with Crippen molar-refractivity contribution in [1.29, 1.82) is 0 Å². The van der Waals surface area contributed by atoms with Gasteiger partial charge >= 0.3 is 23.9 Å². The lowest BCUT2D eigenvalue weighted by Gasteiger charge is -2.25. The van der Waals surface area contributed by atoms with Crippen molar-refractivity contribution >= 4 is 70.4 Å². The first kappa shape index (κ1) is 59.2. The molecule has 2 unspecified atom stereocenters. The van der Waals surface area contributed by atoms with E-state index >= 15 is 0 Å². The average molecular weight is 1100 g/mol. The van der Waals surface area contributed by atoms with Crippen molar-refractivity contribution in [1.82, 2.24) is 35.2 Å². The van der Waals surface area contributed by atoms with Crippen molar-refractivity contribution in [3.05, 3.63) is 107 Å². The molecule has 0 radical (unpaired) electrons. The number of carbonyl (C=O) groups excluding carboxylic acids is 7. The molecule has 2 atom stereocenters. The summed E-state index contributed by atoms with van der Waals surface area (Å²) >= 11 is 0. The Kier molecular flexibility index (Phi) is 21.0. The first-order valence-electron chi connectivity index (χ1n) is 26.9. The summed E-state index contributed by atoms with van der Waals surface area (Å²) in [7, 11) is 1.54. The highest BCUT2D eigenvalue weighted by Crippen LogP contribution is 2.36. The number of H-pyrrole nitrogens is 2. The third-order valence-corrected chi connectivity index (χ3v) is 13.8. The van der Waals surface area contributed by atoms with E-state index in [9.17, 15) is 33.6 Å². The first-order chi connectivity index (χ1) is 38.5. The van der Waals surface area contributed by atoms with Gasteiger partial charge in [-0.25, -0.2) is 14.4 Å². The van der Waals surface area contributed by atoms with Crippen molar-refractivity contribution in [2.24, 2.45) is 0 Å². The number of carbonyl (C=O) groups is 7. The minimum atomic E-state index is -1.44. The van der Waals surface area contributed by atoms with Crippen LogP contribution < -0.4 is 30.7 Å². The number of nitrogens with one attached hydrogen (secondary N) is 6. The van der Waals surface area contributed by atoms with Crippen molar-refractivity contribution in [3.63, 3.8) is 0 Å². The van der Waals surface area contributed by atoms with Gasteiger partial charge in [-0.3, -0.25) is 29.2 Å². The maximum atomic E-state index is 14.1. The van der Waals surface area contributed by atoms with Gasteiger partial charge in [0.25, 0.3) is 11.8 Å². The van der Waals surface area contributed by atoms with Crippen LogP contribution in [0.15, 0.2) is 73.1 Å². The Morgan fingerprint density at radius 3 is 2.38 bits per heavy atom. The maximum absolute atomic E-state index is 14.1. The Labute approximate surface area is 465 Å². The number of aromatic nitrogens is 3. The lowest BCUT2D eigenvalue weighted by Crippen LogP contribution is -2.38. The van der Waals surface area contributed by atoms with Crippen LogP contribution in [0.1, 0.15) is 91.8 Å². The molecule has 4 heterocycles. The number of urea groups is 1. The van der Waals surface area contributed by atoms with Crippen LogP contribution >= 0.6 is 0 Å². The molecule has 80 heavy (non-hydrogen) atoms. The van der Waals surface area contributed by atoms with Crippen LogP contribution in [-0.4, -0.2) is 156 Å². The summed E-state index contributed by atoms with van der Waals surface area (Å²) in [5.74, 6) is -2.85. The molecule has 5 amide bonds. The molecule has 2 aromatic heterocycles. The molecule has 1 saturated heterocycles. The number of likely N-dealkylation sites (N-methyl/N-ethyl adjacent to an activating group) is 1. The molecule has 3 aromatic carbocycles. The van der Waals surface area contributed by atoms with E-state index in [0.29, 0.717) is 75.4 Å². The van der Waals surface area contributed by atoms with Crippen molar-refractivity contribution in [3.8, 4) is 22.6 Å². The molecule has 7 rings (SSSR count). The minimum absolute atomic E-state index is 0.0641. The molecule has 0 aliphatic carbocycles. The Morgan fingerprint density at radius 1 is 0.863 bits per heavy atom. The number of methoxy groups -OCH3 is 1. The smallest absolute Gasteiger partial charge is 0.347 e. The predicted molar refractivity (Wildman–Crippen MR) is 301 cm³/mol. The molecule has 1 fully saturated rings. The fourth-order valence-electron chi connectivity index (χ4n) is 9.27. The molecule has 0 spiro atoms. The molecule has 5 aromatic rings. The Balaban J connectivity index is 0.883. The molecule has 0 saturated carbocycles. The van der Waals surface area contributed by atoms with E-state index < -0.39 is 48.5 Å². The number of hydrogen-bond acceptors (Lipinski definition) is 15. The van der Waals surface area contributed by atoms with Crippen LogP contribution in [-0.2, 0) is 44.7 Å².